The molecule has 3 aromatic rings. The van der Waals surface area contributed by atoms with Crippen LogP contribution in [0.2, 0.25) is 5.02 Å². The second-order valence-corrected chi connectivity index (χ2v) is 12.3. The van der Waals surface area contributed by atoms with Gasteiger partial charge in [0, 0.05) is 13.1 Å². The van der Waals surface area contributed by atoms with Crippen molar-refractivity contribution in [2.24, 2.45) is 0 Å². The number of rotatable bonds is 9. The number of benzene rings is 3. The Balaban J connectivity index is 1.57. The zero-order valence-electron chi connectivity index (χ0n) is 20.0. The quantitative estimate of drug-likeness (QED) is 0.393. The maximum atomic E-state index is 13.2. The number of sulfonamides is 2. The summed E-state index contributed by atoms with van der Waals surface area (Å²) in [6.07, 6.45) is 1.58. The SMILES string of the molecule is CCOc1ccc(S(=O)(=O)Nc2ccccc2C(=O)Nc2cc(S(=O)(=O)N3CCCC3)ccc2Cl)cc1. The van der Waals surface area contributed by atoms with Crippen molar-refractivity contribution in [1.82, 2.24) is 4.31 Å². The average molecular weight is 564 g/mol. The predicted molar refractivity (Wildman–Crippen MR) is 142 cm³/mol. The molecule has 1 heterocycles. The van der Waals surface area contributed by atoms with Crippen LogP contribution >= 0.6 is 11.6 Å². The highest BCUT2D eigenvalue weighted by molar-refractivity contribution is 7.92. The summed E-state index contributed by atoms with van der Waals surface area (Å²) in [7, 11) is -7.74. The fourth-order valence-corrected chi connectivity index (χ4v) is 6.67. The molecule has 0 radical (unpaired) electrons. The molecule has 2 N–H and O–H groups in total. The first-order valence-corrected chi connectivity index (χ1v) is 14.9. The van der Waals surface area contributed by atoms with E-state index in [0.717, 1.165) is 12.8 Å². The third-order valence-electron chi connectivity index (χ3n) is 5.75. The third-order valence-corrected chi connectivity index (χ3v) is 9.36. The van der Waals surface area contributed by atoms with Gasteiger partial charge in [-0.05, 0) is 74.4 Å². The summed E-state index contributed by atoms with van der Waals surface area (Å²) in [6, 6.07) is 16.1. The molecular weight excluding hydrogens is 538 g/mol. The monoisotopic (exact) mass is 563 g/mol. The molecule has 0 aliphatic carbocycles. The summed E-state index contributed by atoms with van der Waals surface area (Å²) >= 11 is 6.25. The molecule has 4 rings (SSSR count). The van der Waals surface area contributed by atoms with E-state index in [9.17, 15) is 21.6 Å². The zero-order chi connectivity index (χ0) is 26.6. The highest BCUT2D eigenvalue weighted by Gasteiger charge is 2.28. The summed E-state index contributed by atoms with van der Waals surface area (Å²) in [5.74, 6) is -0.130. The second-order valence-electron chi connectivity index (χ2n) is 8.26. The molecule has 0 atom stereocenters. The van der Waals surface area contributed by atoms with Gasteiger partial charge in [0.1, 0.15) is 5.75 Å². The molecule has 37 heavy (non-hydrogen) atoms. The van der Waals surface area contributed by atoms with Crippen molar-refractivity contribution < 1.29 is 26.4 Å². The lowest BCUT2D eigenvalue weighted by Gasteiger charge is -2.17. The maximum absolute atomic E-state index is 13.2. The first-order valence-electron chi connectivity index (χ1n) is 11.6. The van der Waals surface area contributed by atoms with Crippen LogP contribution in [0.5, 0.6) is 5.75 Å². The van der Waals surface area contributed by atoms with Crippen molar-refractivity contribution in [3.63, 3.8) is 0 Å². The summed E-state index contributed by atoms with van der Waals surface area (Å²) in [5, 5.41) is 2.75. The third kappa shape index (κ3) is 6.07. The molecule has 0 spiro atoms. The molecular formula is C25H26ClN3O6S2. The number of amides is 1. The van der Waals surface area contributed by atoms with E-state index in [1.807, 2.05) is 6.92 Å². The summed E-state index contributed by atoms with van der Waals surface area (Å²) in [4.78, 5) is 13.2. The Morgan fingerprint density at radius 1 is 0.919 bits per heavy atom. The number of halogens is 1. The zero-order valence-corrected chi connectivity index (χ0v) is 22.4. The standard InChI is InChI=1S/C25H26ClN3O6S2/c1-2-35-18-9-11-19(12-10-18)36(31,32)28-23-8-4-3-7-21(23)25(30)27-24-17-20(13-14-22(24)26)37(33,34)29-15-5-6-16-29/h3-4,7-14,17,28H,2,5-6,15-16H2,1H3,(H,27,30). The fraction of sp³-hybridized carbons (Fsp3) is 0.240. The molecule has 1 aliphatic heterocycles. The van der Waals surface area contributed by atoms with Crippen LogP contribution in [-0.4, -0.2) is 46.7 Å². The molecule has 12 heteroatoms. The van der Waals surface area contributed by atoms with Crippen molar-refractivity contribution in [2.75, 3.05) is 29.7 Å². The van der Waals surface area contributed by atoms with Crippen LogP contribution in [0.1, 0.15) is 30.1 Å². The van der Waals surface area contributed by atoms with Crippen LogP contribution in [0, 0.1) is 0 Å². The molecule has 196 valence electrons. The highest BCUT2D eigenvalue weighted by Crippen LogP contribution is 2.30. The van der Waals surface area contributed by atoms with Crippen molar-refractivity contribution in [2.45, 2.75) is 29.6 Å². The molecule has 1 amide bonds. The number of para-hydroxylation sites is 1. The molecule has 0 aromatic heterocycles. The van der Waals surface area contributed by atoms with Gasteiger partial charge in [-0.1, -0.05) is 23.7 Å². The van der Waals surface area contributed by atoms with E-state index in [1.54, 1.807) is 24.3 Å². The minimum absolute atomic E-state index is 0.00553. The van der Waals surface area contributed by atoms with E-state index in [4.69, 9.17) is 16.3 Å². The van der Waals surface area contributed by atoms with Gasteiger partial charge in [-0.15, -0.1) is 0 Å². The van der Waals surface area contributed by atoms with Gasteiger partial charge in [-0.2, -0.15) is 4.31 Å². The molecule has 0 unspecified atom stereocenters. The Labute approximate surface area is 221 Å². The number of anilines is 2. The normalized spacial score (nSPS) is 14.3. The molecule has 1 saturated heterocycles. The summed E-state index contributed by atoms with van der Waals surface area (Å²) < 4.78 is 61.0. The molecule has 0 saturated carbocycles. The van der Waals surface area contributed by atoms with E-state index in [2.05, 4.69) is 10.0 Å². The van der Waals surface area contributed by atoms with Crippen molar-refractivity contribution >= 4 is 48.9 Å². The van der Waals surface area contributed by atoms with E-state index in [1.165, 1.54) is 46.8 Å². The molecule has 9 nitrogen and oxygen atoms in total. The Bertz CT molecular complexity index is 1500. The van der Waals surface area contributed by atoms with Gasteiger partial charge >= 0.3 is 0 Å². The van der Waals surface area contributed by atoms with E-state index in [-0.39, 0.29) is 31.8 Å². The number of nitrogens with zero attached hydrogens (tertiary/aromatic N) is 1. The van der Waals surface area contributed by atoms with Gasteiger partial charge in [0.25, 0.3) is 15.9 Å². The molecule has 3 aromatic carbocycles. The lowest BCUT2D eigenvalue weighted by Crippen LogP contribution is -2.28. The van der Waals surface area contributed by atoms with E-state index < -0.39 is 26.0 Å². The summed E-state index contributed by atoms with van der Waals surface area (Å²) in [6.45, 7) is 3.15. The first-order chi connectivity index (χ1) is 17.6. The van der Waals surface area contributed by atoms with Crippen LogP contribution in [0.25, 0.3) is 0 Å². The minimum Gasteiger partial charge on any atom is -0.494 e. The Morgan fingerprint density at radius 2 is 1.57 bits per heavy atom. The predicted octanol–water partition coefficient (Wildman–Crippen LogP) is 4.58. The lowest BCUT2D eigenvalue weighted by molar-refractivity contribution is 0.102. The Morgan fingerprint density at radius 3 is 2.24 bits per heavy atom. The van der Waals surface area contributed by atoms with E-state index in [0.29, 0.717) is 25.4 Å². The lowest BCUT2D eigenvalue weighted by atomic mass is 10.1. The number of hydrogen-bond donors (Lipinski definition) is 2. The van der Waals surface area contributed by atoms with Gasteiger partial charge in [0.15, 0.2) is 0 Å². The van der Waals surface area contributed by atoms with Crippen LogP contribution in [0.15, 0.2) is 76.5 Å². The number of hydrogen-bond acceptors (Lipinski definition) is 6. The average Bonchev–Trinajstić information content (AvgIpc) is 3.42. The molecule has 1 aliphatic rings. The fourth-order valence-electron chi connectivity index (χ4n) is 3.88. The van der Waals surface area contributed by atoms with Crippen LogP contribution in [-0.2, 0) is 20.0 Å². The first kappa shape index (κ1) is 26.9. The van der Waals surface area contributed by atoms with Crippen molar-refractivity contribution in [3.05, 3.63) is 77.3 Å². The number of carbonyl (C=O) groups excluding carboxylic acids is 1. The smallest absolute Gasteiger partial charge is 0.261 e. The molecule has 0 bridgehead atoms. The van der Waals surface area contributed by atoms with E-state index >= 15 is 0 Å². The largest absolute Gasteiger partial charge is 0.494 e. The van der Waals surface area contributed by atoms with Gasteiger partial charge < -0.3 is 10.1 Å². The van der Waals surface area contributed by atoms with Gasteiger partial charge in [0.05, 0.1) is 38.4 Å². The number of ether oxygens (including phenoxy) is 1. The van der Waals surface area contributed by atoms with Crippen LogP contribution in [0.3, 0.4) is 0 Å². The minimum atomic E-state index is -4.01. The second kappa shape index (κ2) is 11.1. The molecule has 1 fully saturated rings. The maximum Gasteiger partial charge on any atom is 0.261 e. The van der Waals surface area contributed by atoms with Gasteiger partial charge in [0.2, 0.25) is 10.0 Å². The van der Waals surface area contributed by atoms with Gasteiger partial charge in [-0.25, -0.2) is 16.8 Å². The van der Waals surface area contributed by atoms with Crippen molar-refractivity contribution in [1.29, 1.82) is 0 Å². The van der Waals surface area contributed by atoms with Crippen LogP contribution in [0.4, 0.5) is 11.4 Å². The summed E-state index contributed by atoms with van der Waals surface area (Å²) in [5.41, 5.74) is 0.169. The topological polar surface area (TPSA) is 122 Å². The van der Waals surface area contributed by atoms with Gasteiger partial charge in [-0.3, -0.25) is 9.52 Å². The number of carbonyl (C=O) groups is 1. The van der Waals surface area contributed by atoms with Crippen LogP contribution < -0.4 is 14.8 Å². The highest BCUT2D eigenvalue weighted by atomic mass is 35.5. The Hall–Kier alpha value is -3.12. The Kier molecular flexibility index (Phi) is 8.08. The number of nitrogens with one attached hydrogen (secondary N) is 2. The van der Waals surface area contributed by atoms with Crippen molar-refractivity contribution in [3.8, 4) is 5.75 Å².